The van der Waals surface area contributed by atoms with Crippen molar-refractivity contribution in [1.82, 2.24) is 5.32 Å². The monoisotopic (exact) mass is 265 g/mol. The molecule has 1 amide bonds. The van der Waals surface area contributed by atoms with Crippen LogP contribution in [0, 0.1) is 12.8 Å². The quantitative estimate of drug-likeness (QED) is 0.773. The molecule has 0 bridgehead atoms. The topological polar surface area (TPSA) is 79.5 Å². The van der Waals surface area contributed by atoms with Crippen LogP contribution >= 0.6 is 0 Å². The first-order valence-electron chi connectivity index (χ1n) is 6.21. The summed E-state index contributed by atoms with van der Waals surface area (Å²) in [5.74, 6) is -0.279. The van der Waals surface area contributed by atoms with Crippen molar-refractivity contribution in [3.63, 3.8) is 0 Å². The summed E-state index contributed by atoms with van der Waals surface area (Å²) in [6.07, 6.45) is 3.47. The van der Waals surface area contributed by atoms with Crippen molar-refractivity contribution in [3.05, 3.63) is 29.7 Å². The Morgan fingerprint density at radius 3 is 2.63 bits per heavy atom. The number of hydrogen-bond donors (Lipinski definition) is 2. The van der Waals surface area contributed by atoms with Gasteiger partial charge in [0.05, 0.1) is 0 Å². The third kappa shape index (κ3) is 4.62. The van der Waals surface area contributed by atoms with E-state index in [4.69, 9.17) is 9.52 Å². The van der Waals surface area contributed by atoms with Gasteiger partial charge >= 0.3 is 5.97 Å². The molecule has 0 spiro atoms. The highest BCUT2D eigenvalue weighted by Crippen LogP contribution is 2.09. The summed E-state index contributed by atoms with van der Waals surface area (Å²) in [5, 5.41) is 11.5. The van der Waals surface area contributed by atoms with Crippen LogP contribution in [0.4, 0.5) is 0 Å². The molecule has 5 nitrogen and oxygen atoms in total. The van der Waals surface area contributed by atoms with Crippen LogP contribution in [0.1, 0.15) is 31.8 Å². The van der Waals surface area contributed by atoms with Gasteiger partial charge in [0.2, 0.25) is 5.91 Å². The zero-order valence-corrected chi connectivity index (χ0v) is 11.3. The number of aryl methyl sites for hydroxylation is 1. The predicted octanol–water partition coefficient (Wildman–Crippen LogP) is 2.22. The van der Waals surface area contributed by atoms with Gasteiger partial charge in [0.25, 0.3) is 0 Å². The molecule has 0 radical (unpaired) electrons. The summed E-state index contributed by atoms with van der Waals surface area (Å²) in [4.78, 5) is 22.7. The highest BCUT2D eigenvalue weighted by molar-refractivity contribution is 5.94. The van der Waals surface area contributed by atoms with Crippen molar-refractivity contribution in [2.75, 3.05) is 0 Å². The van der Waals surface area contributed by atoms with Gasteiger partial charge in [0.15, 0.2) is 0 Å². The summed E-state index contributed by atoms with van der Waals surface area (Å²) >= 11 is 0. The van der Waals surface area contributed by atoms with E-state index in [9.17, 15) is 9.59 Å². The summed E-state index contributed by atoms with van der Waals surface area (Å²) in [5.41, 5.74) is 0. The van der Waals surface area contributed by atoms with Crippen molar-refractivity contribution in [3.8, 4) is 0 Å². The van der Waals surface area contributed by atoms with Gasteiger partial charge in [-0.15, -0.1) is 0 Å². The molecule has 2 atom stereocenters. The Morgan fingerprint density at radius 2 is 2.16 bits per heavy atom. The molecule has 1 aromatic rings. The molecule has 19 heavy (non-hydrogen) atoms. The zero-order valence-electron chi connectivity index (χ0n) is 11.3. The number of carboxylic acid groups (broad SMARTS) is 1. The average molecular weight is 265 g/mol. The molecule has 2 N–H and O–H groups in total. The molecule has 1 aromatic heterocycles. The molecule has 0 saturated heterocycles. The predicted molar refractivity (Wildman–Crippen MR) is 71.5 cm³/mol. The van der Waals surface area contributed by atoms with E-state index < -0.39 is 17.9 Å². The Balaban J connectivity index is 2.62. The number of carboxylic acids is 1. The molecule has 104 valence electrons. The van der Waals surface area contributed by atoms with E-state index in [0.717, 1.165) is 5.76 Å². The Bertz CT molecular complexity index is 476. The van der Waals surface area contributed by atoms with E-state index in [1.165, 1.54) is 12.2 Å². The van der Waals surface area contributed by atoms with Gasteiger partial charge < -0.3 is 14.8 Å². The van der Waals surface area contributed by atoms with E-state index in [1.54, 1.807) is 26.0 Å². The SMILES string of the molecule is CCC(C)[C@H](NC(=O)C=Cc1ccc(C)o1)C(=O)O. The molecule has 0 aliphatic rings. The van der Waals surface area contributed by atoms with Crippen LogP contribution in [-0.4, -0.2) is 23.0 Å². The van der Waals surface area contributed by atoms with E-state index in [-0.39, 0.29) is 5.92 Å². The summed E-state index contributed by atoms with van der Waals surface area (Å²) in [7, 11) is 0. The first kappa shape index (κ1) is 15.0. The largest absolute Gasteiger partial charge is 0.480 e. The lowest BCUT2D eigenvalue weighted by Gasteiger charge is -2.19. The highest BCUT2D eigenvalue weighted by atomic mass is 16.4. The van der Waals surface area contributed by atoms with E-state index in [0.29, 0.717) is 12.2 Å². The average Bonchev–Trinajstić information content (AvgIpc) is 2.78. The molecule has 0 aromatic carbocycles. The Labute approximate surface area is 112 Å². The van der Waals surface area contributed by atoms with Crippen LogP contribution in [0.15, 0.2) is 22.6 Å². The van der Waals surface area contributed by atoms with Crippen LogP contribution < -0.4 is 5.32 Å². The Hall–Kier alpha value is -2.04. The highest BCUT2D eigenvalue weighted by Gasteiger charge is 2.24. The first-order valence-corrected chi connectivity index (χ1v) is 6.21. The van der Waals surface area contributed by atoms with Gasteiger partial charge in [-0.25, -0.2) is 4.79 Å². The lowest BCUT2D eigenvalue weighted by atomic mass is 9.99. The van der Waals surface area contributed by atoms with Gasteiger partial charge in [-0.3, -0.25) is 4.79 Å². The van der Waals surface area contributed by atoms with Crippen molar-refractivity contribution >= 4 is 18.0 Å². The standard InChI is InChI=1S/C14H19NO4/c1-4-9(2)13(14(17)18)15-12(16)8-7-11-6-5-10(3)19-11/h5-9,13H,4H2,1-3H3,(H,15,16)(H,17,18)/t9?,13-/m0/s1. The van der Waals surface area contributed by atoms with Crippen molar-refractivity contribution in [2.24, 2.45) is 5.92 Å². The van der Waals surface area contributed by atoms with Crippen molar-refractivity contribution in [1.29, 1.82) is 0 Å². The molecule has 1 rings (SSSR count). The number of amides is 1. The normalized spacial score (nSPS) is 14.3. The smallest absolute Gasteiger partial charge is 0.326 e. The number of nitrogens with one attached hydrogen (secondary N) is 1. The van der Waals surface area contributed by atoms with Gasteiger partial charge in [-0.2, -0.15) is 0 Å². The molecule has 0 saturated carbocycles. The second-order valence-electron chi connectivity index (χ2n) is 4.49. The molecule has 0 aliphatic heterocycles. The summed E-state index contributed by atoms with van der Waals surface area (Å²) < 4.78 is 5.27. The van der Waals surface area contributed by atoms with E-state index >= 15 is 0 Å². The lowest BCUT2D eigenvalue weighted by molar-refractivity contribution is -0.142. The summed E-state index contributed by atoms with van der Waals surface area (Å²) in [6.45, 7) is 5.48. The van der Waals surface area contributed by atoms with Gasteiger partial charge in [0.1, 0.15) is 17.6 Å². The number of rotatable bonds is 6. The Morgan fingerprint density at radius 1 is 1.47 bits per heavy atom. The number of furan rings is 1. The lowest BCUT2D eigenvalue weighted by Crippen LogP contribution is -2.44. The third-order valence-corrected chi connectivity index (χ3v) is 2.94. The maximum atomic E-state index is 11.7. The van der Waals surface area contributed by atoms with Crippen LogP contribution in [0.3, 0.4) is 0 Å². The Kier molecular flexibility index (Phi) is 5.36. The van der Waals surface area contributed by atoms with Gasteiger partial charge in [-0.1, -0.05) is 20.3 Å². The van der Waals surface area contributed by atoms with Crippen molar-refractivity contribution < 1.29 is 19.1 Å². The number of carbonyl (C=O) groups excluding carboxylic acids is 1. The maximum Gasteiger partial charge on any atom is 0.326 e. The molecule has 0 fully saturated rings. The molecule has 5 heteroatoms. The minimum absolute atomic E-state index is 0.124. The van der Waals surface area contributed by atoms with Crippen LogP contribution in [0.25, 0.3) is 6.08 Å². The fraction of sp³-hybridized carbons (Fsp3) is 0.429. The molecular formula is C14H19NO4. The fourth-order valence-corrected chi connectivity index (χ4v) is 1.59. The van der Waals surface area contributed by atoms with Gasteiger partial charge in [-0.05, 0) is 31.1 Å². The fourth-order valence-electron chi connectivity index (χ4n) is 1.59. The second-order valence-corrected chi connectivity index (χ2v) is 4.49. The van der Waals surface area contributed by atoms with Gasteiger partial charge in [0, 0.05) is 6.08 Å². The first-order chi connectivity index (χ1) is 8.93. The molecule has 1 heterocycles. The summed E-state index contributed by atoms with van der Waals surface area (Å²) in [6, 6.07) is 2.65. The van der Waals surface area contributed by atoms with Crippen LogP contribution in [-0.2, 0) is 9.59 Å². The maximum absolute atomic E-state index is 11.7. The minimum Gasteiger partial charge on any atom is -0.480 e. The zero-order chi connectivity index (χ0) is 14.4. The molecular weight excluding hydrogens is 246 g/mol. The second kappa shape index (κ2) is 6.78. The van der Waals surface area contributed by atoms with Crippen molar-refractivity contribution in [2.45, 2.75) is 33.2 Å². The van der Waals surface area contributed by atoms with Crippen LogP contribution in [0.5, 0.6) is 0 Å². The number of carbonyl (C=O) groups is 2. The number of aliphatic carboxylic acids is 1. The third-order valence-electron chi connectivity index (χ3n) is 2.94. The molecule has 1 unspecified atom stereocenters. The molecule has 0 aliphatic carbocycles. The minimum atomic E-state index is -1.02. The van der Waals surface area contributed by atoms with E-state index in [1.807, 2.05) is 6.92 Å². The number of hydrogen-bond acceptors (Lipinski definition) is 3. The van der Waals surface area contributed by atoms with Crippen LogP contribution in [0.2, 0.25) is 0 Å². The van der Waals surface area contributed by atoms with E-state index in [2.05, 4.69) is 5.32 Å².